The van der Waals surface area contributed by atoms with Gasteiger partial charge in [-0.3, -0.25) is 9.78 Å². The van der Waals surface area contributed by atoms with Crippen molar-refractivity contribution in [2.45, 2.75) is 6.36 Å². The zero-order chi connectivity index (χ0) is 13.9. The Bertz CT molecular complexity index is 585. The quantitative estimate of drug-likeness (QED) is 0.803. The van der Waals surface area contributed by atoms with Crippen molar-refractivity contribution < 1.29 is 22.7 Å². The van der Waals surface area contributed by atoms with Crippen molar-refractivity contribution in [1.29, 1.82) is 0 Å². The maximum atomic E-state index is 12.2. The minimum absolute atomic E-state index is 0.0549. The molecule has 0 bridgehead atoms. The average molecular weight is 268 g/mol. The second-order valence-electron chi connectivity index (χ2n) is 3.46. The van der Waals surface area contributed by atoms with Crippen LogP contribution in [0.5, 0.6) is 5.75 Å². The van der Waals surface area contributed by atoms with Crippen LogP contribution in [0.2, 0.25) is 0 Å². The second-order valence-corrected chi connectivity index (χ2v) is 3.46. The first-order valence-corrected chi connectivity index (χ1v) is 5.13. The molecule has 0 unspecified atom stereocenters. The fourth-order valence-corrected chi connectivity index (χ4v) is 1.42. The summed E-state index contributed by atoms with van der Waals surface area (Å²) < 4.78 is 40.5. The van der Waals surface area contributed by atoms with E-state index in [0.29, 0.717) is 0 Å². The van der Waals surface area contributed by atoms with Gasteiger partial charge in [-0.15, -0.1) is 13.2 Å². The van der Waals surface area contributed by atoms with Gasteiger partial charge in [0.25, 0.3) is 0 Å². The third-order valence-electron chi connectivity index (χ3n) is 2.15. The SMILES string of the molecule is O=C(c1cnccn1)c1ccccc1OC(F)(F)F. The molecule has 0 aliphatic rings. The molecular weight excluding hydrogens is 261 g/mol. The van der Waals surface area contributed by atoms with Gasteiger partial charge in [-0.1, -0.05) is 12.1 Å². The Balaban J connectivity index is 2.38. The summed E-state index contributed by atoms with van der Waals surface area (Å²) >= 11 is 0. The molecule has 19 heavy (non-hydrogen) atoms. The molecule has 2 rings (SSSR count). The second kappa shape index (κ2) is 5.05. The predicted octanol–water partition coefficient (Wildman–Crippen LogP) is 2.61. The molecular formula is C12H7F3N2O2. The van der Waals surface area contributed by atoms with Gasteiger partial charge in [0.1, 0.15) is 11.4 Å². The minimum atomic E-state index is -4.86. The van der Waals surface area contributed by atoms with Crippen molar-refractivity contribution in [2.24, 2.45) is 0 Å². The summed E-state index contributed by atoms with van der Waals surface area (Å²) in [5, 5.41) is 0. The van der Waals surface area contributed by atoms with Crippen LogP contribution in [0.15, 0.2) is 42.9 Å². The number of halogens is 3. The molecule has 2 aromatic rings. The molecule has 0 amide bonds. The number of ether oxygens (including phenoxy) is 1. The van der Waals surface area contributed by atoms with Crippen molar-refractivity contribution in [3.05, 3.63) is 54.1 Å². The molecule has 7 heteroatoms. The number of alkyl halides is 3. The van der Waals surface area contributed by atoms with E-state index in [0.717, 1.165) is 6.07 Å². The van der Waals surface area contributed by atoms with Gasteiger partial charge in [0.15, 0.2) is 0 Å². The van der Waals surface area contributed by atoms with Crippen LogP contribution in [-0.2, 0) is 0 Å². The molecule has 0 radical (unpaired) electrons. The molecule has 1 aromatic carbocycles. The fourth-order valence-electron chi connectivity index (χ4n) is 1.42. The van der Waals surface area contributed by atoms with E-state index in [1.54, 1.807) is 0 Å². The lowest BCUT2D eigenvalue weighted by Gasteiger charge is -2.11. The van der Waals surface area contributed by atoms with Gasteiger partial charge in [0, 0.05) is 12.4 Å². The van der Waals surface area contributed by atoms with Crippen LogP contribution in [0.1, 0.15) is 16.1 Å². The van der Waals surface area contributed by atoms with E-state index in [2.05, 4.69) is 14.7 Å². The van der Waals surface area contributed by atoms with Crippen LogP contribution in [0.3, 0.4) is 0 Å². The van der Waals surface area contributed by atoms with Gasteiger partial charge in [-0.2, -0.15) is 0 Å². The first kappa shape index (κ1) is 13.0. The number of ketones is 1. The summed E-state index contributed by atoms with van der Waals surface area (Å²) in [7, 11) is 0. The number of hydrogen-bond donors (Lipinski definition) is 0. The van der Waals surface area contributed by atoms with Crippen molar-refractivity contribution in [1.82, 2.24) is 9.97 Å². The van der Waals surface area contributed by atoms with E-state index < -0.39 is 17.9 Å². The fraction of sp³-hybridized carbons (Fsp3) is 0.0833. The first-order chi connectivity index (χ1) is 8.97. The van der Waals surface area contributed by atoms with E-state index in [-0.39, 0.29) is 11.3 Å². The van der Waals surface area contributed by atoms with Crippen molar-refractivity contribution >= 4 is 5.78 Å². The Hall–Kier alpha value is -2.44. The third-order valence-corrected chi connectivity index (χ3v) is 2.15. The monoisotopic (exact) mass is 268 g/mol. The highest BCUT2D eigenvalue weighted by atomic mass is 19.4. The smallest absolute Gasteiger partial charge is 0.405 e. The molecule has 1 heterocycles. The first-order valence-electron chi connectivity index (χ1n) is 5.13. The van der Waals surface area contributed by atoms with E-state index in [1.807, 2.05) is 0 Å². The molecule has 4 nitrogen and oxygen atoms in total. The Morgan fingerprint density at radius 3 is 2.53 bits per heavy atom. The predicted molar refractivity (Wildman–Crippen MR) is 58.6 cm³/mol. The maximum absolute atomic E-state index is 12.2. The number of para-hydroxylation sites is 1. The normalized spacial score (nSPS) is 11.1. The van der Waals surface area contributed by atoms with E-state index in [1.165, 1.54) is 36.8 Å². The summed E-state index contributed by atoms with van der Waals surface area (Å²) in [6, 6.07) is 5.08. The Kier molecular flexibility index (Phi) is 3.46. The van der Waals surface area contributed by atoms with Gasteiger partial charge in [0.2, 0.25) is 5.78 Å². The van der Waals surface area contributed by atoms with Crippen LogP contribution in [-0.4, -0.2) is 22.1 Å². The summed E-state index contributed by atoms with van der Waals surface area (Å²) in [4.78, 5) is 19.4. The average Bonchev–Trinajstić information content (AvgIpc) is 2.38. The number of aromatic nitrogens is 2. The molecule has 98 valence electrons. The lowest BCUT2D eigenvalue weighted by Crippen LogP contribution is -2.19. The molecule has 0 fully saturated rings. The Labute approximate surface area is 105 Å². The van der Waals surface area contributed by atoms with E-state index in [9.17, 15) is 18.0 Å². The lowest BCUT2D eigenvalue weighted by molar-refractivity contribution is -0.274. The summed E-state index contributed by atoms with van der Waals surface area (Å²) in [5.74, 6) is -1.25. The van der Waals surface area contributed by atoms with Crippen LogP contribution >= 0.6 is 0 Å². The van der Waals surface area contributed by atoms with E-state index >= 15 is 0 Å². The van der Waals surface area contributed by atoms with Gasteiger partial charge in [-0.05, 0) is 12.1 Å². The Morgan fingerprint density at radius 1 is 1.16 bits per heavy atom. The number of hydrogen-bond acceptors (Lipinski definition) is 4. The number of rotatable bonds is 3. The minimum Gasteiger partial charge on any atom is -0.405 e. The summed E-state index contributed by atoms with van der Waals surface area (Å²) in [6.07, 6.45) is -1.05. The highest BCUT2D eigenvalue weighted by molar-refractivity contribution is 6.09. The largest absolute Gasteiger partial charge is 0.573 e. The third kappa shape index (κ3) is 3.27. The molecule has 0 saturated carbocycles. The molecule has 0 aliphatic heterocycles. The molecule has 1 aromatic heterocycles. The van der Waals surface area contributed by atoms with Crippen LogP contribution in [0, 0.1) is 0 Å². The van der Waals surface area contributed by atoms with Crippen molar-refractivity contribution in [2.75, 3.05) is 0 Å². The zero-order valence-electron chi connectivity index (χ0n) is 9.39. The van der Waals surface area contributed by atoms with Crippen LogP contribution < -0.4 is 4.74 Å². The highest BCUT2D eigenvalue weighted by Crippen LogP contribution is 2.27. The standard InChI is InChI=1S/C12H7F3N2O2/c13-12(14,15)19-10-4-2-1-3-8(10)11(18)9-7-16-5-6-17-9/h1-7H. The van der Waals surface area contributed by atoms with Gasteiger partial charge < -0.3 is 4.74 Å². The van der Waals surface area contributed by atoms with Crippen LogP contribution in [0.4, 0.5) is 13.2 Å². The molecule has 0 atom stereocenters. The van der Waals surface area contributed by atoms with Gasteiger partial charge in [-0.25, -0.2) is 4.98 Å². The maximum Gasteiger partial charge on any atom is 0.573 e. The topological polar surface area (TPSA) is 52.1 Å². The number of carbonyl (C=O) groups excluding carboxylic acids is 1. The van der Waals surface area contributed by atoms with Crippen molar-refractivity contribution in [3.8, 4) is 5.75 Å². The lowest BCUT2D eigenvalue weighted by atomic mass is 10.1. The Morgan fingerprint density at radius 2 is 1.89 bits per heavy atom. The molecule has 0 aliphatic carbocycles. The molecule has 0 N–H and O–H groups in total. The zero-order valence-corrected chi connectivity index (χ0v) is 9.39. The molecule has 0 spiro atoms. The number of benzene rings is 1. The highest BCUT2D eigenvalue weighted by Gasteiger charge is 2.33. The van der Waals surface area contributed by atoms with E-state index in [4.69, 9.17) is 0 Å². The van der Waals surface area contributed by atoms with Crippen LogP contribution in [0.25, 0.3) is 0 Å². The number of carbonyl (C=O) groups is 1. The van der Waals surface area contributed by atoms with Gasteiger partial charge >= 0.3 is 6.36 Å². The van der Waals surface area contributed by atoms with Crippen molar-refractivity contribution in [3.63, 3.8) is 0 Å². The molecule has 0 saturated heterocycles. The summed E-state index contributed by atoms with van der Waals surface area (Å²) in [5.41, 5.74) is -0.277. The van der Waals surface area contributed by atoms with Gasteiger partial charge in [0.05, 0.1) is 11.8 Å². The summed E-state index contributed by atoms with van der Waals surface area (Å²) in [6.45, 7) is 0. The number of nitrogens with zero attached hydrogens (tertiary/aromatic N) is 2.